The number of hydrogen-bond donors (Lipinski definition) is 3. The van der Waals surface area contributed by atoms with Crippen LogP contribution in [0.1, 0.15) is 86.5 Å². The fourth-order valence-corrected chi connectivity index (χ4v) is 6.37. The molecule has 7 aromatic rings. The van der Waals surface area contributed by atoms with Crippen LogP contribution in [0.5, 0.6) is 0 Å². The van der Waals surface area contributed by atoms with Crippen molar-refractivity contribution in [3.63, 3.8) is 0 Å². The molecule has 2 aliphatic carbocycles. The van der Waals surface area contributed by atoms with Crippen molar-refractivity contribution in [3.8, 4) is 11.4 Å². The number of nitrogens with two attached hydrogens (primary N) is 2. The van der Waals surface area contributed by atoms with Crippen molar-refractivity contribution in [2.75, 3.05) is 18.6 Å². The van der Waals surface area contributed by atoms with Crippen molar-refractivity contribution in [3.05, 3.63) is 183 Å². The molecule has 5 N–H and O–H groups in total. The lowest BCUT2D eigenvalue weighted by molar-refractivity contribution is 0.0980. The minimum Gasteiger partial charge on any atom is -0.397 e. The average Bonchev–Trinajstić information content (AvgIpc) is 3.66. The summed E-state index contributed by atoms with van der Waals surface area (Å²) < 4.78 is 15.5. The Morgan fingerprint density at radius 3 is 1.58 bits per heavy atom. The molecule has 55 heavy (non-hydrogen) atoms. The van der Waals surface area contributed by atoms with Crippen LogP contribution in [-0.4, -0.2) is 46.5 Å². The number of nitrogen functional groups attached to an aromatic ring is 2. The van der Waals surface area contributed by atoms with Gasteiger partial charge in [-0.05, 0) is 38.1 Å². The fraction of sp³-hybridized carbons (Fsp3) is 0.0667. The van der Waals surface area contributed by atoms with Gasteiger partial charge in [0.25, 0.3) is 0 Å². The smallest absolute Gasteiger partial charge is 0.196 e. The van der Waals surface area contributed by atoms with Crippen molar-refractivity contribution in [1.82, 2.24) is 9.97 Å². The third-order valence-corrected chi connectivity index (χ3v) is 9.25. The minimum atomic E-state index is -1.00. The van der Waals surface area contributed by atoms with E-state index in [0.29, 0.717) is 56.0 Å². The highest BCUT2D eigenvalue weighted by atomic mass is 19.1. The average molecular weight is 732 g/mol. The molecule has 0 atom stereocenters. The van der Waals surface area contributed by atoms with Gasteiger partial charge in [0.1, 0.15) is 17.6 Å². The number of benzene rings is 6. The Balaban J connectivity index is 0.000000153. The van der Waals surface area contributed by atoms with Gasteiger partial charge in [-0.3, -0.25) is 28.4 Å². The van der Waals surface area contributed by atoms with Gasteiger partial charge in [0, 0.05) is 44.5 Å². The first kappa shape index (κ1) is 36.0. The number of aryl methyl sites for hydroxylation is 2. The summed E-state index contributed by atoms with van der Waals surface area (Å²) in [7, 11) is -1.00. The van der Waals surface area contributed by atoms with E-state index in [2.05, 4.69) is 9.97 Å². The zero-order valence-corrected chi connectivity index (χ0v) is 29.9. The van der Waals surface area contributed by atoms with Crippen LogP contribution < -0.4 is 11.5 Å². The van der Waals surface area contributed by atoms with Gasteiger partial charge < -0.3 is 16.5 Å². The molecule has 272 valence electrons. The molecule has 6 aromatic carbocycles. The number of alkyl halides is 1. The number of fused-ring (bicyclic) bond motifs is 6. The molecule has 2 aliphatic rings. The van der Waals surface area contributed by atoms with Crippen molar-refractivity contribution >= 4 is 51.8 Å². The molecule has 1 aromatic heterocycles. The Morgan fingerprint density at radius 2 is 1.05 bits per heavy atom. The number of carbonyl (C=O) groups is 5. The largest absolute Gasteiger partial charge is 0.397 e. The lowest BCUT2D eigenvalue weighted by Crippen LogP contribution is -2.22. The number of carbonyl (C=O) groups excluding carboxylic acids is 5. The maximum Gasteiger partial charge on any atom is 0.196 e. The number of nitrogens with zero attached hydrogens (tertiary/aromatic N) is 1. The number of halogens is 1. The summed E-state index contributed by atoms with van der Waals surface area (Å²) in [6, 6.07) is 35.8. The Hall–Kier alpha value is -7.33. The molecule has 0 saturated heterocycles. The van der Waals surface area contributed by atoms with E-state index in [9.17, 15) is 28.4 Å². The summed E-state index contributed by atoms with van der Waals surface area (Å²) in [6.45, 7) is 4.02. The van der Waals surface area contributed by atoms with E-state index in [1.165, 1.54) is 11.1 Å². The number of H-pyrrole nitrogens is 1. The number of aldehydes is 1. The number of aromatic nitrogens is 2. The summed E-state index contributed by atoms with van der Waals surface area (Å²) in [5.41, 5.74) is 20.4. The van der Waals surface area contributed by atoms with Gasteiger partial charge in [0.15, 0.2) is 23.1 Å². The van der Waals surface area contributed by atoms with Crippen molar-refractivity contribution < 1.29 is 29.7 Å². The molecule has 0 spiro atoms. The van der Waals surface area contributed by atoms with Crippen LogP contribution in [0.25, 0.3) is 22.4 Å². The number of hydrogen-bond acceptors (Lipinski definition) is 8. The van der Waals surface area contributed by atoms with E-state index in [-0.39, 0.29) is 34.4 Å². The summed E-state index contributed by atoms with van der Waals surface area (Å²) in [4.78, 5) is 68.5. The molecule has 9 rings (SSSR count). The third-order valence-electron chi connectivity index (χ3n) is 9.25. The first-order valence-corrected chi connectivity index (χ1v) is 17.0. The van der Waals surface area contributed by atoms with Crippen LogP contribution in [0.3, 0.4) is 0 Å². The van der Waals surface area contributed by atoms with Gasteiger partial charge in [0.2, 0.25) is 0 Å². The zero-order valence-electron chi connectivity index (χ0n) is 30.9. The maximum absolute atomic E-state index is 13.1. The lowest BCUT2D eigenvalue weighted by atomic mass is 9.83. The molecular weight excluding hydrogens is 696 g/mol. The third kappa shape index (κ3) is 7.08. The molecule has 10 heteroatoms. The predicted octanol–water partition coefficient (Wildman–Crippen LogP) is 8.33. The SMILES string of the molecule is Cc1ccc(-c2nc3c4c(ccc3[nH]2)C(=O)c2ccccc2C4=O)cc1.Cc1ccc(C=O)cc1.Nc1ccc2c(c1N)C(=O)c1ccccc1C2=O.[2H]CF. The van der Waals surface area contributed by atoms with E-state index in [1.54, 1.807) is 66.7 Å². The number of anilines is 2. The number of imidazole rings is 1. The summed E-state index contributed by atoms with van der Waals surface area (Å²) in [6.07, 6.45) is 0.847. The van der Waals surface area contributed by atoms with Crippen LogP contribution in [0.15, 0.2) is 121 Å². The van der Waals surface area contributed by atoms with Crippen molar-refractivity contribution in [2.45, 2.75) is 13.8 Å². The second kappa shape index (κ2) is 15.7. The van der Waals surface area contributed by atoms with E-state index < -0.39 is 7.15 Å². The Bertz CT molecular complexity index is 2670. The van der Waals surface area contributed by atoms with Crippen LogP contribution in [-0.2, 0) is 0 Å². The first-order chi connectivity index (χ1) is 27.0. The van der Waals surface area contributed by atoms with Gasteiger partial charge in [0.05, 0.1) is 36.5 Å². The second-order valence-corrected chi connectivity index (χ2v) is 12.8. The number of aromatic amines is 1. The minimum absolute atomic E-state index is 0.128. The Labute approximate surface area is 317 Å². The first-order valence-electron chi connectivity index (χ1n) is 17.7. The second-order valence-electron chi connectivity index (χ2n) is 12.8. The standard InChI is InChI=1S/C22H14N2O2.C14H10N2O2.C8H8O.CH3F/c1-12-6-8-13(9-7-12)22-23-17-11-10-16-18(19(17)24-22)21(26)15-5-3-2-4-14(15)20(16)25;15-10-6-5-9-11(12(10)16)14(18)8-4-2-1-3-7(8)13(9)17;1-7-2-4-8(6-9)5-3-7;1-2/h2-11H,1H3,(H,23,24);1-6H,15-16H2;2-6H,1H3;1H3/i;;;1D. The molecule has 9 nitrogen and oxygen atoms in total. The predicted molar refractivity (Wildman–Crippen MR) is 212 cm³/mol. The fourth-order valence-electron chi connectivity index (χ4n) is 6.37. The van der Waals surface area contributed by atoms with Gasteiger partial charge in [-0.15, -0.1) is 0 Å². The van der Waals surface area contributed by atoms with Crippen molar-refractivity contribution in [1.29, 1.82) is 0 Å². The summed E-state index contributed by atoms with van der Waals surface area (Å²) in [5.74, 6) is -0.0239. The highest BCUT2D eigenvalue weighted by Gasteiger charge is 2.33. The quantitative estimate of drug-likeness (QED) is 0.118. The number of rotatable bonds is 2. The van der Waals surface area contributed by atoms with Gasteiger partial charge >= 0.3 is 0 Å². The highest BCUT2D eigenvalue weighted by molar-refractivity contribution is 6.32. The Morgan fingerprint density at radius 1 is 0.600 bits per heavy atom. The van der Waals surface area contributed by atoms with Crippen LogP contribution in [0, 0.1) is 13.8 Å². The Kier molecular flexibility index (Phi) is 10.3. The molecule has 0 amide bonds. The van der Waals surface area contributed by atoms with E-state index in [0.717, 1.165) is 22.9 Å². The molecule has 0 aliphatic heterocycles. The molecule has 0 bridgehead atoms. The molecule has 1 heterocycles. The summed E-state index contributed by atoms with van der Waals surface area (Å²) in [5, 5.41) is 0. The number of ketones is 4. The molecule has 0 saturated carbocycles. The van der Waals surface area contributed by atoms with Crippen LogP contribution in [0.4, 0.5) is 15.8 Å². The normalized spacial score (nSPS) is 12.2. The van der Waals surface area contributed by atoms with Gasteiger partial charge in [-0.2, -0.15) is 0 Å². The molecule has 0 fully saturated rings. The number of nitrogens with one attached hydrogen (secondary N) is 1. The lowest BCUT2D eigenvalue weighted by Gasteiger charge is -2.19. The monoisotopic (exact) mass is 731 g/mol. The zero-order chi connectivity index (χ0) is 40.1. The van der Waals surface area contributed by atoms with E-state index in [4.69, 9.17) is 12.8 Å². The topological polar surface area (TPSA) is 166 Å². The molecule has 0 radical (unpaired) electrons. The maximum atomic E-state index is 13.1. The molecular formula is C45H35FN4O5. The van der Waals surface area contributed by atoms with Gasteiger partial charge in [-0.25, -0.2) is 4.98 Å². The summed E-state index contributed by atoms with van der Waals surface area (Å²) >= 11 is 0. The van der Waals surface area contributed by atoms with E-state index in [1.807, 2.05) is 68.4 Å². The molecule has 0 unspecified atom stereocenters. The highest BCUT2D eigenvalue weighted by Crippen LogP contribution is 2.34. The van der Waals surface area contributed by atoms with E-state index >= 15 is 0 Å². The van der Waals surface area contributed by atoms with Crippen LogP contribution in [0.2, 0.25) is 0 Å². The van der Waals surface area contributed by atoms with Crippen molar-refractivity contribution in [2.24, 2.45) is 0 Å². The van der Waals surface area contributed by atoms with Gasteiger partial charge in [-0.1, -0.05) is 108 Å². The van der Waals surface area contributed by atoms with Crippen LogP contribution >= 0.6 is 0 Å².